The van der Waals surface area contributed by atoms with Crippen LogP contribution in [0.1, 0.15) is 0 Å². The van der Waals surface area contributed by atoms with Gasteiger partial charge in [-0.15, -0.1) is 0 Å². The first-order chi connectivity index (χ1) is 7.86. The average Bonchev–Trinajstić information content (AvgIpc) is 2.27. The van der Waals surface area contributed by atoms with E-state index in [2.05, 4.69) is 16.6 Å². The molecule has 0 atom stereocenters. The smallest absolute Gasteiger partial charge is 0.240 e. The Morgan fingerprint density at radius 2 is 2.18 bits per heavy atom. The number of nitrogens with two attached hydrogens (primary N) is 1. The van der Waals surface area contributed by atoms with Gasteiger partial charge in [0.25, 0.3) is 0 Å². The lowest BCUT2D eigenvalue weighted by Crippen LogP contribution is -2.18. The van der Waals surface area contributed by atoms with Crippen molar-refractivity contribution in [1.29, 1.82) is 0 Å². The van der Waals surface area contributed by atoms with E-state index in [-0.39, 0.29) is 4.90 Å². The third-order valence-corrected chi connectivity index (χ3v) is 3.62. The Hall–Kier alpha value is -1.24. The minimum Gasteiger partial charge on any atom is -0.397 e. The zero-order valence-electron chi connectivity index (χ0n) is 9.33. The van der Waals surface area contributed by atoms with Crippen molar-refractivity contribution in [2.24, 2.45) is 0 Å². The number of anilines is 2. The fraction of sp³-hybridized carbons (Fsp3) is 0.200. The first-order valence-corrected chi connectivity index (χ1v) is 6.63. The molecule has 0 saturated carbocycles. The summed E-state index contributed by atoms with van der Waals surface area (Å²) in [5.74, 6) is 0. The van der Waals surface area contributed by atoms with Gasteiger partial charge in [-0.05, 0) is 25.2 Å². The van der Waals surface area contributed by atoms with E-state index in [0.717, 1.165) is 0 Å². The molecule has 0 amide bonds. The van der Waals surface area contributed by atoms with E-state index >= 15 is 0 Å². The predicted octanol–water partition coefficient (Wildman–Crippen LogP) is 1.34. The molecule has 0 unspecified atom stereocenters. The summed E-state index contributed by atoms with van der Waals surface area (Å²) in [5, 5.41) is 3.38. The molecule has 0 aromatic heterocycles. The molecule has 0 aliphatic rings. The quantitative estimate of drug-likeness (QED) is 0.708. The third-order valence-electron chi connectivity index (χ3n) is 2.07. The topological polar surface area (TPSA) is 84.2 Å². The number of benzene rings is 1. The van der Waals surface area contributed by atoms with E-state index in [0.29, 0.717) is 23.0 Å². The Balaban J connectivity index is 2.98. The average molecular weight is 276 g/mol. The molecule has 1 rings (SSSR count). The number of nitrogen functional groups attached to an aromatic ring is 1. The molecular formula is C10H14ClN3O2S. The van der Waals surface area contributed by atoms with E-state index in [4.69, 9.17) is 17.3 Å². The first kappa shape index (κ1) is 13.8. The van der Waals surface area contributed by atoms with Crippen molar-refractivity contribution in [3.05, 3.63) is 29.8 Å². The normalized spacial score (nSPS) is 11.2. The molecule has 0 aliphatic carbocycles. The van der Waals surface area contributed by atoms with Gasteiger partial charge in [-0.1, -0.05) is 18.2 Å². The van der Waals surface area contributed by atoms with Crippen LogP contribution in [0.25, 0.3) is 0 Å². The van der Waals surface area contributed by atoms with Crippen molar-refractivity contribution in [2.75, 3.05) is 24.6 Å². The minimum atomic E-state index is -3.47. The number of hydrogen-bond donors (Lipinski definition) is 3. The van der Waals surface area contributed by atoms with E-state index < -0.39 is 10.0 Å². The molecule has 1 aromatic carbocycles. The predicted molar refractivity (Wildman–Crippen MR) is 70.6 cm³/mol. The van der Waals surface area contributed by atoms with Gasteiger partial charge in [0.05, 0.1) is 22.8 Å². The standard InChI is InChI=1S/C10H14ClN3O2S/c1-7(11)6-14-10-4-3-8(5-9(10)12)17(15,16)13-2/h3-5,13-14H,1,6,12H2,2H3. The fourth-order valence-corrected chi connectivity index (χ4v) is 2.01. The molecule has 0 aliphatic heterocycles. The van der Waals surface area contributed by atoms with Crippen molar-refractivity contribution in [3.8, 4) is 0 Å². The maximum absolute atomic E-state index is 11.5. The molecule has 4 N–H and O–H groups in total. The second kappa shape index (κ2) is 5.39. The number of hydrogen-bond acceptors (Lipinski definition) is 4. The number of halogens is 1. The second-order valence-corrected chi connectivity index (χ2v) is 5.75. The highest BCUT2D eigenvalue weighted by Crippen LogP contribution is 2.22. The van der Waals surface area contributed by atoms with Crippen LogP contribution in [0.5, 0.6) is 0 Å². The van der Waals surface area contributed by atoms with Crippen LogP contribution >= 0.6 is 11.6 Å². The van der Waals surface area contributed by atoms with Crippen molar-refractivity contribution in [3.63, 3.8) is 0 Å². The van der Waals surface area contributed by atoms with E-state index in [1.807, 2.05) is 0 Å². The Kier molecular flexibility index (Phi) is 4.39. The molecular weight excluding hydrogens is 262 g/mol. The van der Waals surface area contributed by atoms with Crippen molar-refractivity contribution >= 4 is 33.0 Å². The Bertz CT molecular complexity index is 528. The van der Waals surface area contributed by atoms with Gasteiger partial charge in [-0.3, -0.25) is 0 Å². The van der Waals surface area contributed by atoms with E-state index in [1.165, 1.54) is 19.2 Å². The second-order valence-electron chi connectivity index (χ2n) is 3.33. The molecule has 0 bridgehead atoms. The van der Waals surface area contributed by atoms with Gasteiger partial charge in [-0.25, -0.2) is 13.1 Å². The summed E-state index contributed by atoms with van der Waals surface area (Å²) in [4.78, 5) is 0.118. The maximum atomic E-state index is 11.5. The highest BCUT2D eigenvalue weighted by atomic mass is 35.5. The van der Waals surface area contributed by atoms with Crippen LogP contribution in [0.2, 0.25) is 0 Å². The zero-order valence-corrected chi connectivity index (χ0v) is 10.9. The summed E-state index contributed by atoms with van der Waals surface area (Å²) < 4.78 is 25.2. The summed E-state index contributed by atoms with van der Waals surface area (Å²) in [5.41, 5.74) is 6.68. The van der Waals surface area contributed by atoms with Gasteiger partial charge in [0.15, 0.2) is 0 Å². The maximum Gasteiger partial charge on any atom is 0.240 e. The Morgan fingerprint density at radius 1 is 1.53 bits per heavy atom. The number of rotatable bonds is 5. The van der Waals surface area contributed by atoms with Gasteiger partial charge in [0, 0.05) is 5.03 Å². The SMILES string of the molecule is C=C(Cl)CNc1ccc(S(=O)(=O)NC)cc1N. The highest BCUT2D eigenvalue weighted by Gasteiger charge is 2.12. The van der Waals surface area contributed by atoms with Crippen LogP contribution < -0.4 is 15.8 Å². The van der Waals surface area contributed by atoms with Crippen LogP contribution in [0, 0.1) is 0 Å². The molecule has 1 aromatic rings. The summed E-state index contributed by atoms with van der Waals surface area (Å²) in [6.07, 6.45) is 0. The summed E-state index contributed by atoms with van der Waals surface area (Å²) in [6, 6.07) is 4.42. The van der Waals surface area contributed by atoms with Crippen LogP contribution in [0.4, 0.5) is 11.4 Å². The van der Waals surface area contributed by atoms with E-state index in [1.54, 1.807) is 6.07 Å². The van der Waals surface area contributed by atoms with Gasteiger partial charge in [0.2, 0.25) is 10.0 Å². The molecule has 0 heterocycles. The molecule has 17 heavy (non-hydrogen) atoms. The van der Waals surface area contributed by atoms with Crippen molar-refractivity contribution in [2.45, 2.75) is 4.90 Å². The molecule has 94 valence electrons. The van der Waals surface area contributed by atoms with Crippen LogP contribution in [-0.4, -0.2) is 22.0 Å². The molecule has 0 saturated heterocycles. The zero-order chi connectivity index (χ0) is 13.1. The number of nitrogens with one attached hydrogen (secondary N) is 2. The Labute approximate surface area is 106 Å². The van der Waals surface area contributed by atoms with Gasteiger partial charge < -0.3 is 11.1 Å². The lowest BCUT2D eigenvalue weighted by Gasteiger charge is -2.10. The fourth-order valence-electron chi connectivity index (χ4n) is 1.18. The van der Waals surface area contributed by atoms with Crippen molar-refractivity contribution in [1.82, 2.24) is 4.72 Å². The van der Waals surface area contributed by atoms with Crippen LogP contribution in [-0.2, 0) is 10.0 Å². The van der Waals surface area contributed by atoms with Crippen molar-refractivity contribution < 1.29 is 8.42 Å². The largest absolute Gasteiger partial charge is 0.397 e. The summed E-state index contributed by atoms with van der Waals surface area (Å²) in [7, 11) is -2.13. The summed E-state index contributed by atoms with van der Waals surface area (Å²) in [6.45, 7) is 3.89. The molecule has 0 spiro atoms. The first-order valence-electron chi connectivity index (χ1n) is 4.77. The minimum absolute atomic E-state index is 0.118. The molecule has 0 fully saturated rings. The van der Waals surface area contributed by atoms with Crippen LogP contribution in [0.15, 0.2) is 34.7 Å². The summed E-state index contributed by atoms with van der Waals surface area (Å²) >= 11 is 5.60. The third kappa shape index (κ3) is 3.62. The molecule has 5 nitrogen and oxygen atoms in total. The number of sulfonamides is 1. The van der Waals surface area contributed by atoms with E-state index in [9.17, 15) is 8.42 Å². The molecule has 7 heteroatoms. The Morgan fingerprint density at radius 3 is 2.65 bits per heavy atom. The monoisotopic (exact) mass is 275 g/mol. The highest BCUT2D eigenvalue weighted by molar-refractivity contribution is 7.89. The lowest BCUT2D eigenvalue weighted by atomic mass is 10.2. The van der Waals surface area contributed by atoms with Gasteiger partial charge in [0.1, 0.15) is 0 Å². The van der Waals surface area contributed by atoms with Crippen LogP contribution in [0.3, 0.4) is 0 Å². The van der Waals surface area contributed by atoms with Gasteiger partial charge in [-0.2, -0.15) is 0 Å². The van der Waals surface area contributed by atoms with Gasteiger partial charge >= 0.3 is 0 Å². The molecule has 0 radical (unpaired) electrons. The lowest BCUT2D eigenvalue weighted by molar-refractivity contribution is 0.588.